The Hall–Kier alpha value is -1.88. The summed E-state index contributed by atoms with van der Waals surface area (Å²) in [5.74, 6) is 1.40. The van der Waals surface area contributed by atoms with Gasteiger partial charge >= 0.3 is 0 Å². The lowest BCUT2D eigenvalue weighted by Gasteiger charge is -2.19. The van der Waals surface area contributed by atoms with Crippen molar-refractivity contribution in [2.75, 3.05) is 29.9 Å². The van der Waals surface area contributed by atoms with Crippen LogP contribution >= 0.6 is 11.6 Å². The van der Waals surface area contributed by atoms with Crippen LogP contribution in [0.3, 0.4) is 0 Å². The van der Waals surface area contributed by atoms with Crippen molar-refractivity contribution in [3.05, 3.63) is 41.0 Å². The Labute approximate surface area is 130 Å². The van der Waals surface area contributed by atoms with E-state index in [0.29, 0.717) is 5.95 Å². The molecule has 0 saturated carbocycles. The highest BCUT2D eigenvalue weighted by Crippen LogP contribution is 2.12. The van der Waals surface area contributed by atoms with E-state index in [1.54, 1.807) is 6.20 Å². The monoisotopic (exact) mass is 305 g/mol. The van der Waals surface area contributed by atoms with E-state index in [1.165, 1.54) is 5.56 Å². The van der Waals surface area contributed by atoms with Gasteiger partial charge in [-0.05, 0) is 38.0 Å². The molecule has 0 atom stereocenters. The van der Waals surface area contributed by atoms with E-state index < -0.39 is 0 Å². The Morgan fingerprint density at radius 3 is 2.76 bits per heavy atom. The Kier molecular flexibility index (Phi) is 5.75. The standard InChI is InChI=1S/C15H20ClN5/c1-3-21(4-2)14-11-18-20-15(19-14)17-9-8-12-6-5-7-13(16)10-12/h5-7,10-11H,3-4,8-9H2,1-2H3,(H,17,19,20). The van der Waals surface area contributed by atoms with Gasteiger partial charge in [0.2, 0.25) is 5.95 Å². The first-order chi connectivity index (χ1) is 10.2. The topological polar surface area (TPSA) is 53.9 Å². The normalized spacial score (nSPS) is 10.4. The van der Waals surface area contributed by atoms with Crippen LogP contribution in [0.25, 0.3) is 0 Å². The fourth-order valence-electron chi connectivity index (χ4n) is 2.08. The van der Waals surface area contributed by atoms with E-state index >= 15 is 0 Å². The molecule has 0 aliphatic heterocycles. The zero-order chi connectivity index (χ0) is 15.1. The highest BCUT2D eigenvalue weighted by atomic mass is 35.5. The predicted molar refractivity (Wildman–Crippen MR) is 87.0 cm³/mol. The summed E-state index contributed by atoms with van der Waals surface area (Å²) in [4.78, 5) is 6.61. The maximum atomic E-state index is 5.97. The molecule has 0 unspecified atom stereocenters. The summed E-state index contributed by atoms with van der Waals surface area (Å²) in [6.45, 7) is 6.73. The van der Waals surface area contributed by atoms with Crippen LogP contribution in [0.4, 0.5) is 11.8 Å². The van der Waals surface area contributed by atoms with Gasteiger partial charge in [-0.3, -0.25) is 0 Å². The van der Waals surface area contributed by atoms with E-state index in [2.05, 4.69) is 45.3 Å². The van der Waals surface area contributed by atoms with Crippen LogP contribution in [0, 0.1) is 0 Å². The smallest absolute Gasteiger partial charge is 0.244 e. The molecule has 0 spiro atoms. The van der Waals surface area contributed by atoms with Gasteiger partial charge < -0.3 is 10.2 Å². The quantitative estimate of drug-likeness (QED) is 0.852. The fraction of sp³-hybridized carbons (Fsp3) is 0.400. The first-order valence-electron chi connectivity index (χ1n) is 7.16. The third-order valence-electron chi connectivity index (χ3n) is 3.22. The molecule has 0 radical (unpaired) electrons. The summed E-state index contributed by atoms with van der Waals surface area (Å²) in [6, 6.07) is 7.85. The van der Waals surface area contributed by atoms with Crippen molar-refractivity contribution in [1.82, 2.24) is 15.2 Å². The van der Waals surface area contributed by atoms with Crippen molar-refractivity contribution >= 4 is 23.4 Å². The fourth-order valence-corrected chi connectivity index (χ4v) is 2.29. The van der Waals surface area contributed by atoms with Gasteiger partial charge in [-0.15, -0.1) is 5.10 Å². The molecule has 2 rings (SSSR count). The molecule has 0 bridgehead atoms. The van der Waals surface area contributed by atoms with Crippen molar-refractivity contribution in [1.29, 1.82) is 0 Å². The zero-order valence-corrected chi connectivity index (χ0v) is 13.1. The second kappa shape index (κ2) is 7.78. The maximum Gasteiger partial charge on any atom is 0.244 e. The van der Waals surface area contributed by atoms with Crippen molar-refractivity contribution in [3.63, 3.8) is 0 Å². The largest absolute Gasteiger partial charge is 0.356 e. The van der Waals surface area contributed by atoms with Gasteiger partial charge in [0.25, 0.3) is 0 Å². The second-order valence-electron chi connectivity index (χ2n) is 4.62. The van der Waals surface area contributed by atoms with Crippen LogP contribution in [-0.2, 0) is 6.42 Å². The van der Waals surface area contributed by atoms with Gasteiger partial charge in [0, 0.05) is 24.7 Å². The average Bonchev–Trinajstić information content (AvgIpc) is 2.49. The molecule has 1 heterocycles. The molecule has 2 aromatic rings. The average molecular weight is 306 g/mol. The lowest BCUT2D eigenvalue weighted by atomic mass is 10.1. The van der Waals surface area contributed by atoms with Crippen LogP contribution < -0.4 is 10.2 Å². The van der Waals surface area contributed by atoms with Crippen LogP contribution in [0.1, 0.15) is 19.4 Å². The lowest BCUT2D eigenvalue weighted by molar-refractivity contribution is 0.821. The summed E-state index contributed by atoms with van der Waals surface area (Å²) in [5.41, 5.74) is 1.18. The van der Waals surface area contributed by atoms with Gasteiger partial charge in [0.15, 0.2) is 5.82 Å². The van der Waals surface area contributed by atoms with Crippen LogP contribution in [-0.4, -0.2) is 34.8 Å². The highest BCUT2D eigenvalue weighted by Gasteiger charge is 2.06. The van der Waals surface area contributed by atoms with Crippen LogP contribution in [0.15, 0.2) is 30.5 Å². The number of nitrogens with zero attached hydrogens (tertiary/aromatic N) is 4. The van der Waals surface area contributed by atoms with Gasteiger partial charge in [-0.1, -0.05) is 23.7 Å². The SMILES string of the molecule is CCN(CC)c1cnnc(NCCc2cccc(Cl)c2)n1. The van der Waals surface area contributed by atoms with Crippen molar-refractivity contribution in [3.8, 4) is 0 Å². The summed E-state index contributed by atoms with van der Waals surface area (Å²) in [7, 11) is 0. The molecule has 0 saturated heterocycles. The summed E-state index contributed by atoms with van der Waals surface area (Å²) >= 11 is 5.97. The molecule has 0 amide bonds. The number of aromatic nitrogens is 3. The molecule has 0 fully saturated rings. The number of hydrogen-bond acceptors (Lipinski definition) is 5. The zero-order valence-electron chi connectivity index (χ0n) is 12.4. The molecular formula is C15H20ClN5. The highest BCUT2D eigenvalue weighted by molar-refractivity contribution is 6.30. The molecule has 112 valence electrons. The van der Waals surface area contributed by atoms with E-state index in [-0.39, 0.29) is 0 Å². The maximum absolute atomic E-state index is 5.97. The van der Waals surface area contributed by atoms with Crippen molar-refractivity contribution in [2.24, 2.45) is 0 Å². The van der Waals surface area contributed by atoms with Crippen LogP contribution in [0.2, 0.25) is 5.02 Å². The number of halogens is 1. The number of anilines is 2. The third-order valence-corrected chi connectivity index (χ3v) is 3.45. The molecule has 5 nitrogen and oxygen atoms in total. The molecule has 21 heavy (non-hydrogen) atoms. The minimum absolute atomic E-state index is 0.557. The Bertz CT molecular complexity index is 571. The minimum Gasteiger partial charge on any atom is -0.356 e. The molecule has 1 N–H and O–H groups in total. The van der Waals surface area contributed by atoms with E-state index in [1.807, 2.05) is 18.2 Å². The second-order valence-corrected chi connectivity index (χ2v) is 5.05. The Morgan fingerprint density at radius 1 is 1.24 bits per heavy atom. The van der Waals surface area contributed by atoms with Crippen LogP contribution in [0.5, 0.6) is 0 Å². The molecule has 0 aliphatic carbocycles. The number of nitrogens with one attached hydrogen (secondary N) is 1. The molecule has 1 aromatic heterocycles. The molecule has 1 aromatic carbocycles. The Balaban J connectivity index is 1.93. The van der Waals surface area contributed by atoms with E-state index in [0.717, 1.165) is 36.9 Å². The first kappa shape index (κ1) is 15.5. The minimum atomic E-state index is 0.557. The lowest BCUT2D eigenvalue weighted by Crippen LogP contribution is -2.24. The van der Waals surface area contributed by atoms with Crippen molar-refractivity contribution < 1.29 is 0 Å². The summed E-state index contributed by atoms with van der Waals surface area (Å²) in [5, 5.41) is 12.0. The number of hydrogen-bond donors (Lipinski definition) is 1. The Morgan fingerprint density at radius 2 is 2.05 bits per heavy atom. The van der Waals surface area contributed by atoms with Gasteiger partial charge in [-0.25, -0.2) is 0 Å². The summed E-state index contributed by atoms with van der Waals surface area (Å²) < 4.78 is 0. The van der Waals surface area contributed by atoms with Gasteiger partial charge in [0.1, 0.15) is 0 Å². The third kappa shape index (κ3) is 4.56. The molecule has 0 aliphatic rings. The van der Waals surface area contributed by atoms with Gasteiger partial charge in [0.05, 0.1) is 6.20 Å². The van der Waals surface area contributed by atoms with Crippen molar-refractivity contribution in [2.45, 2.75) is 20.3 Å². The van der Waals surface area contributed by atoms with Gasteiger partial charge in [-0.2, -0.15) is 10.1 Å². The first-order valence-corrected chi connectivity index (χ1v) is 7.53. The molecule has 6 heteroatoms. The number of rotatable bonds is 7. The van der Waals surface area contributed by atoms with E-state index in [9.17, 15) is 0 Å². The van der Waals surface area contributed by atoms with E-state index in [4.69, 9.17) is 11.6 Å². The summed E-state index contributed by atoms with van der Waals surface area (Å²) in [6.07, 6.45) is 2.55. The molecular weight excluding hydrogens is 286 g/mol. The number of benzene rings is 1. The predicted octanol–water partition coefficient (Wildman–Crippen LogP) is 3.03.